The fraction of sp³-hybridized carbons (Fsp3) is 0.250. The zero-order chi connectivity index (χ0) is 23.9. The van der Waals surface area contributed by atoms with Crippen molar-refractivity contribution in [1.29, 1.82) is 0 Å². The number of aryl methyl sites for hydroxylation is 1. The molecule has 0 aliphatic rings. The summed E-state index contributed by atoms with van der Waals surface area (Å²) in [6.07, 6.45) is 9.09. The molecule has 0 aliphatic carbocycles. The highest BCUT2D eigenvalue weighted by atomic mass is 16.5. The van der Waals surface area contributed by atoms with Gasteiger partial charge >= 0.3 is 0 Å². The molecule has 5 aromatic heterocycles. The van der Waals surface area contributed by atoms with Crippen molar-refractivity contribution < 1.29 is 9.32 Å². The van der Waals surface area contributed by atoms with Gasteiger partial charge in [0.2, 0.25) is 5.91 Å². The first-order chi connectivity index (χ1) is 16.3. The highest BCUT2D eigenvalue weighted by molar-refractivity contribution is 5.91. The van der Waals surface area contributed by atoms with Gasteiger partial charge in [-0.25, -0.2) is 9.50 Å². The number of amides is 1. The van der Waals surface area contributed by atoms with E-state index in [0.29, 0.717) is 22.9 Å². The van der Waals surface area contributed by atoms with Gasteiger partial charge in [-0.05, 0) is 17.7 Å². The lowest BCUT2D eigenvalue weighted by Gasteiger charge is -2.12. The van der Waals surface area contributed by atoms with Crippen molar-refractivity contribution in [2.45, 2.75) is 32.6 Å². The van der Waals surface area contributed by atoms with Gasteiger partial charge in [0.1, 0.15) is 11.5 Å². The molecule has 172 valence electrons. The van der Waals surface area contributed by atoms with Crippen LogP contribution in [0, 0.1) is 0 Å². The van der Waals surface area contributed by atoms with Crippen molar-refractivity contribution in [3.8, 4) is 22.5 Å². The van der Waals surface area contributed by atoms with Gasteiger partial charge in [0.25, 0.3) is 0 Å². The first kappa shape index (κ1) is 21.5. The molecule has 0 saturated heterocycles. The van der Waals surface area contributed by atoms with Crippen LogP contribution in [0.3, 0.4) is 0 Å². The molecule has 0 aliphatic heterocycles. The maximum Gasteiger partial charge on any atom is 0.230 e. The lowest BCUT2D eigenvalue weighted by atomic mass is 9.93. The monoisotopic (exact) mass is 456 g/mol. The van der Waals surface area contributed by atoms with Gasteiger partial charge in [-0.15, -0.1) is 0 Å². The number of carbonyl (C=O) groups is 1. The number of hydrogen-bond acceptors (Lipinski definition) is 7. The van der Waals surface area contributed by atoms with E-state index in [0.717, 1.165) is 22.4 Å². The predicted molar refractivity (Wildman–Crippen MR) is 126 cm³/mol. The lowest BCUT2D eigenvalue weighted by molar-refractivity contribution is -0.115. The van der Waals surface area contributed by atoms with Crippen LogP contribution in [0.2, 0.25) is 0 Å². The Labute approximate surface area is 195 Å². The van der Waals surface area contributed by atoms with Gasteiger partial charge in [-0.2, -0.15) is 10.2 Å². The second-order valence-corrected chi connectivity index (χ2v) is 9.16. The Balaban J connectivity index is 1.29. The summed E-state index contributed by atoms with van der Waals surface area (Å²) in [5.74, 6) is 0.924. The van der Waals surface area contributed by atoms with E-state index in [9.17, 15) is 4.79 Å². The molecule has 34 heavy (non-hydrogen) atoms. The number of carbonyl (C=O) groups excluding carboxylic acids is 1. The number of rotatable bonds is 5. The van der Waals surface area contributed by atoms with Crippen molar-refractivity contribution in [3.05, 3.63) is 66.6 Å². The molecule has 0 unspecified atom stereocenters. The van der Waals surface area contributed by atoms with Crippen LogP contribution in [-0.2, 0) is 23.7 Å². The summed E-state index contributed by atoms with van der Waals surface area (Å²) in [6, 6.07) is 7.43. The molecule has 10 nitrogen and oxygen atoms in total. The summed E-state index contributed by atoms with van der Waals surface area (Å²) in [4.78, 5) is 21.4. The number of hydrogen-bond donors (Lipinski definition) is 1. The van der Waals surface area contributed by atoms with Gasteiger partial charge in [0.15, 0.2) is 11.5 Å². The summed E-state index contributed by atoms with van der Waals surface area (Å²) < 4.78 is 8.80. The zero-order valence-corrected chi connectivity index (χ0v) is 19.4. The largest absolute Gasteiger partial charge is 0.359 e. The summed E-state index contributed by atoms with van der Waals surface area (Å²) in [5, 5.41) is 15.4. The molecule has 0 atom stereocenters. The molecule has 5 heterocycles. The minimum Gasteiger partial charge on any atom is -0.359 e. The fourth-order valence-electron chi connectivity index (χ4n) is 3.52. The number of anilines is 1. The smallest absolute Gasteiger partial charge is 0.230 e. The number of fused-ring (bicyclic) bond motifs is 1. The fourth-order valence-corrected chi connectivity index (χ4v) is 3.52. The van der Waals surface area contributed by atoms with Gasteiger partial charge in [-0.3, -0.25) is 14.5 Å². The van der Waals surface area contributed by atoms with Crippen molar-refractivity contribution in [2.24, 2.45) is 7.05 Å². The molecule has 0 aromatic carbocycles. The first-order valence-corrected chi connectivity index (χ1v) is 10.8. The number of nitrogens with zero attached hydrogens (tertiary/aromatic N) is 7. The van der Waals surface area contributed by atoms with Crippen LogP contribution in [0.25, 0.3) is 28.2 Å². The number of nitrogens with one attached hydrogen (secondary N) is 1. The predicted octanol–water partition coefficient (Wildman–Crippen LogP) is 3.66. The number of imidazole rings is 1. The second kappa shape index (κ2) is 8.22. The molecule has 0 bridgehead atoms. The minimum atomic E-state index is -0.192. The third-order valence-electron chi connectivity index (χ3n) is 5.37. The highest BCUT2D eigenvalue weighted by Crippen LogP contribution is 2.25. The molecule has 5 rings (SSSR count). The summed E-state index contributed by atoms with van der Waals surface area (Å²) >= 11 is 0. The summed E-state index contributed by atoms with van der Waals surface area (Å²) in [6.45, 7) is 6.06. The van der Waals surface area contributed by atoms with Crippen LogP contribution in [0.1, 0.15) is 32.1 Å². The van der Waals surface area contributed by atoms with Crippen molar-refractivity contribution >= 4 is 17.4 Å². The molecule has 0 spiro atoms. The van der Waals surface area contributed by atoms with Crippen molar-refractivity contribution in [3.63, 3.8) is 0 Å². The summed E-state index contributed by atoms with van der Waals surface area (Å²) in [7, 11) is 1.87. The van der Waals surface area contributed by atoms with Gasteiger partial charge < -0.3 is 9.84 Å². The Hall–Kier alpha value is -4.34. The molecule has 0 saturated carbocycles. The topological polar surface area (TPSA) is 116 Å². The Kier molecular flexibility index (Phi) is 5.20. The number of aromatic nitrogens is 7. The number of pyridine rings is 1. The molecule has 0 radical (unpaired) electrons. The molecule has 1 N–H and O–H groups in total. The highest BCUT2D eigenvalue weighted by Gasteiger charge is 2.20. The third-order valence-corrected chi connectivity index (χ3v) is 5.37. The van der Waals surface area contributed by atoms with E-state index >= 15 is 0 Å². The normalized spacial score (nSPS) is 11.8. The maximum atomic E-state index is 12.4. The van der Waals surface area contributed by atoms with Crippen molar-refractivity contribution in [1.82, 2.24) is 34.5 Å². The standard InChI is InChI=1S/C24H24N8O2/c1-24(2,3)20-9-21(30-34-20)29-23(33)7-15-5-6-18(25-10-15)19-13-26-22-8-16(11-28-32(19)22)17-12-27-31(4)14-17/h5-6,8-14H,7H2,1-4H3,(H,29,30,33). The minimum absolute atomic E-state index is 0.171. The average Bonchev–Trinajstić information content (AvgIpc) is 3.53. The maximum absolute atomic E-state index is 12.4. The Morgan fingerprint density at radius 2 is 1.85 bits per heavy atom. The van der Waals surface area contributed by atoms with Crippen LogP contribution in [0.5, 0.6) is 0 Å². The van der Waals surface area contributed by atoms with Crippen LogP contribution >= 0.6 is 0 Å². The van der Waals surface area contributed by atoms with Crippen LogP contribution in [-0.4, -0.2) is 40.4 Å². The Morgan fingerprint density at radius 3 is 2.53 bits per heavy atom. The van der Waals surface area contributed by atoms with E-state index in [2.05, 4.69) is 30.6 Å². The van der Waals surface area contributed by atoms with Gasteiger partial charge in [0.05, 0.1) is 30.7 Å². The quantitative estimate of drug-likeness (QED) is 0.429. The SMILES string of the molecule is Cn1cc(-c2cnn3c(-c4ccc(CC(=O)Nc5cc(C(C)(C)C)on5)cn4)cnc3c2)cn1. The Morgan fingerprint density at radius 1 is 1.03 bits per heavy atom. The average molecular weight is 457 g/mol. The van der Waals surface area contributed by atoms with Gasteiger partial charge in [0, 0.05) is 42.0 Å². The van der Waals surface area contributed by atoms with Gasteiger partial charge in [-0.1, -0.05) is 32.0 Å². The molecular formula is C24H24N8O2. The first-order valence-electron chi connectivity index (χ1n) is 10.8. The van der Waals surface area contributed by atoms with E-state index < -0.39 is 0 Å². The third kappa shape index (κ3) is 4.29. The van der Waals surface area contributed by atoms with E-state index in [1.165, 1.54) is 0 Å². The van der Waals surface area contributed by atoms with E-state index in [1.807, 2.05) is 52.2 Å². The van der Waals surface area contributed by atoms with Crippen LogP contribution < -0.4 is 5.32 Å². The second-order valence-electron chi connectivity index (χ2n) is 9.16. The van der Waals surface area contributed by atoms with Crippen molar-refractivity contribution in [2.75, 3.05) is 5.32 Å². The van der Waals surface area contributed by atoms with Crippen LogP contribution in [0.15, 0.2) is 59.8 Å². The molecule has 1 amide bonds. The molecule has 10 heteroatoms. The Bertz CT molecular complexity index is 1470. The molecule has 5 aromatic rings. The molecular weight excluding hydrogens is 432 g/mol. The summed E-state index contributed by atoms with van der Waals surface area (Å²) in [5.41, 5.74) is 4.70. The van der Waals surface area contributed by atoms with E-state index in [1.54, 1.807) is 40.1 Å². The zero-order valence-electron chi connectivity index (χ0n) is 19.4. The molecule has 0 fully saturated rings. The van der Waals surface area contributed by atoms with E-state index in [-0.39, 0.29) is 17.7 Å². The van der Waals surface area contributed by atoms with E-state index in [4.69, 9.17) is 4.52 Å². The lowest BCUT2D eigenvalue weighted by Crippen LogP contribution is -2.15. The van der Waals surface area contributed by atoms with Crippen LogP contribution in [0.4, 0.5) is 5.82 Å².